The first kappa shape index (κ1) is 14.8. The number of ether oxygens (including phenoxy) is 1. The van der Waals surface area contributed by atoms with Crippen LogP contribution in [0.15, 0.2) is 24.3 Å². The predicted molar refractivity (Wildman–Crippen MR) is 72.9 cm³/mol. The van der Waals surface area contributed by atoms with Crippen LogP contribution in [0.2, 0.25) is 0 Å². The maximum atomic E-state index is 11.7. The second kappa shape index (κ2) is 6.21. The molecule has 0 aromatic heterocycles. The summed E-state index contributed by atoms with van der Waals surface area (Å²) in [7, 11) is 0. The Morgan fingerprint density at radius 3 is 2.76 bits per heavy atom. The molecule has 2 rings (SSSR count). The second-order valence-electron chi connectivity index (χ2n) is 4.75. The van der Waals surface area contributed by atoms with E-state index in [1.807, 2.05) is 0 Å². The van der Waals surface area contributed by atoms with Crippen LogP contribution in [0.4, 0.5) is 10.5 Å². The molecule has 21 heavy (non-hydrogen) atoms. The van der Waals surface area contributed by atoms with E-state index in [0.29, 0.717) is 0 Å². The average Bonchev–Trinajstić information content (AvgIpc) is 3.22. The molecule has 1 saturated carbocycles. The summed E-state index contributed by atoms with van der Waals surface area (Å²) >= 11 is 0. The van der Waals surface area contributed by atoms with Crippen molar-refractivity contribution in [3.05, 3.63) is 34.4 Å². The fourth-order valence-electron chi connectivity index (χ4n) is 1.59. The number of imide groups is 1. The highest BCUT2D eigenvalue weighted by Crippen LogP contribution is 2.20. The van der Waals surface area contributed by atoms with Gasteiger partial charge in [0.2, 0.25) is 0 Å². The van der Waals surface area contributed by atoms with E-state index in [9.17, 15) is 19.7 Å². The molecule has 2 N–H and O–H groups in total. The Morgan fingerprint density at radius 1 is 1.43 bits per heavy atom. The SMILES string of the molecule is CC(Oc1cccc([N+](=O)[O-])c1)C(=O)NC(=O)NC1CC1. The molecular weight excluding hydrogens is 278 g/mol. The van der Waals surface area contributed by atoms with Crippen molar-refractivity contribution in [3.63, 3.8) is 0 Å². The number of benzene rings is 1. The summed E-state index contributed by atoms with van der Waals surface area (Å²) in [4.78, 5) is 33.3. The summed E-state index contributed by atoms with van der Waals surface area (Å²) in [5, 5.41) is 15.4. The molecule has 1 aromatic rings. The van der Waals surface area contributed by atoms with Crippen LogP contribution in [0, 0.1) is 10.1 Å². The van der Waals surface area contributed by atoms with E-state index in [0.717, 1.165) is 12.8 Å². The van der Waals surface area contributed by atoms with E-state index in [4.69, 9.17) is 4.74 Å². The normalized spacial score (nSPS) is 14.9. The van der Waals surface area contributed by atoms with Crippen LogP contribution >= 0.6 is 0 Å². The summed E-state index contributed by atoms with van der Waals surface area (Å²) in [6.45, 7) is 1.46. The molecule has 1 aliphatic carbocycles. The van der Waals surface area contributed by atoms with Gasteiger partial charge in [-0.15, -0.1) is 0 Å². The third kappa shape index (κ3) is 4.44. The molecule has 1 fully saturated rings. The minimum Gasteiger partial charge on any atom is -0.481 e. The van der Waals surface area contributed by atoms with E-state index in [2.05, 4.69) is 10.6 Å². The molecule has 0 aliphatic heterocycles. The molecule has 112 valence electrons. The van der Waals surface area contributed by atoms with Gasteiger partial charge >= 0.3 is 6.03 Å². The summed E-state index contributed by atoms with van der Waals surface area (Å²) in [5.41, 5.74) is -0.133. The fraction of sp³-hybridized carbons (Fsp3) is 0.385. The van der Waals surface area contributed by atoms with Crippen molar-refractivity contribution in [1.29, 1.82) is 0 Å². The van der Waals surface area contributed by atoms with Gasteiger partial charge < -0.3 is 10.1 Å². The van der Waals surface area contributed by atoms with Crippen molar-refractivity contribution in [2.24, 2.45) is 0 Å². The summed E-state index contributed by atoms with van der Waals surface area (Å²) in [6.07, 6.45) is 0.889. The molecule has 3 amide bonds. The van der Waals surface area contributed by atoms with E-state index < -0.39 is 23.0 Å². The predicted octanol–water partition coefficient (Wildman–Crippen LogP) is 1.35. The van der Waals surface area contributed by atoms with Gasteiger partial charge in [-0.1, -0.05) is 6.07 Å². The summed E-state index contributed by atoms with van der Waals surface area (Å²) < 4.78 is 5.29. The molecule has 8 heteroatoms. The smallest absolute Gasteiger partial charge is 0.321 e. The lowest BCUT2D eigenvalue weighted by Gasteiger charge is -2.14. The lowest BCUT2D eigenvalue weighted by molar-refractivity contribution is -0.384. The molecule has 0 spiro atoms. The van der Waals surface area contributed by atoms with Crippen molar-refractivity contribution in [3.8, 4) is 5.75 Å². The van der Waals surface area contributed by atoms with Gasteiger partial charge in [-0.25, -0.2) is 4.79 Å². The maximum absolute atomic E-state index is 11.7. The van der Waals surface area contributed by atoms with Crippen LogP contribution in [0.5, 0.6) is 5.75 Å². The molecule has 1 atom stereocenters. The molecular formula is C13H15N3O5. The first-order valence-corrected chi connectivity index (χ1v) is 6.48. The number of nitro benzene ring substituents is 1. The second-order valence-corrected chi connectivity index (χ2v) is 4.75. The van der Waals surface area contributed by atoms with E-state index in [1.54, 1.807) is 0 Å². The van der Waals surface area contributed by atoms with Crippen LogP contribution in [0.1, 0.15) is 19.8 Å². The molecule has 1 aliphatic rings. The number of nitrogens with one attached hydrogen (secondary N) is 2. The number of rotatable bonds is 5. The van der Waals surface area contributed by atoms with Crippen molar-refractivity contribution < 1.29 is 19.2 Å². The number of nitro groups is 1. The van der Waals surface area contributed by atoms with Crippen molar-refractivity contribution in [1.82, 2.24) is 10.6 Å². The van der Waals surface area contributed by atoms with Crippen LogP contribution in [0.25, 0.3) is 0 Å². The molecule has 0 bridgehead atoms. The highest BCUT2D eigenvalue weighted by molar-refractivity contribution is 5.96. The Hall–Kier alpha value is -2.64. The summed E-state index contributed by atoms with van der Waals surface area (Å²) in [6, 6.07) is 5.08. The van der Waals surface area contributed by atoms with Gasteiger partial charge in [-0.05, 0) is 25.8 Å². The highest BCUT2D eigenvalue weighted by Gasteiger charge is 2.25. The van der Waals surface area contributed by atoms with Gasteiger partial charge in [0.1, 0.15) is 5.75 Å². The number of nitrogens with zero attached hydrogens (tertiary/aromatic N) is 1. The number of urea groups is 1. The Labute approximate surface area is 120 Å². The molecule has 1 aromatic carbocycles. The van der Waals surface area contributed by atoms with Gasteiger partial charge in [-0.3, -0.25) is 20.2 Å². The van der Waals surface area contributed by atoms with Gasteiger partial charge in [0.05, 0.1) is 11.0 Å². The lowest BCUT2D eigenvalue weighted by Crippen LogP contribution is -2.45. The van der Waals surface area contributed by atoms with Crippen LogP contribution in [0.3, 0.4) is 0 Å². The third-order valence-electron chi connectivity index (χ3n) is 2.86. The van der Waals surface area contributed by atoms with E-state index >= 15 is 0 Å². The monoisotopic (exact) mass is 293 g/mol. The number of hydrogen-bond acceptors (Lipinski definition) is 5. The number of non-ortho nitro benzene ring substituents is 1. The van der Waals surface area contributed by atoms with Gasteiger partial charge in [-0.2, -0.15) is 0 Å². The molecule has 0 saturated heterocycles. The van der Waals surface area contributed by atoms with Gasteiger partial charge in [0.25, 0.3) is 11.6 Å². The fourth-order valence-corrected chi connectivity index (χ4v) is 1.59. The molecule has 1 unspecified atom stereocenters. The first-order chi connectivity index (χ1) is 9.95. The molecule has 8 nitrogen and oxygen atoms in total. The maximum Gasteiger partial charge on any atom is 0.321 e. The minimum absolute atomic E-state index is 0.133. The van der Waals surface area contributed by atoms with Crippen molar-refractivity contribution >= 4 is 17.6 Å². The Morgan fingerprint density at radius 2 is 2.14 bits per heavy atom. The summed E-state index contributed by atoms with van der Waals surface area (Å²) in [5.74, 6) is -0.422. The average molecular weight is 293 g/mol. The van der Waals surface area contributed by atoms with E-state index in [-0.39, 0.29) is 17.5 Å². The quantitative estimate of drug-likeness (QED) is 0.629. The number of carbonyl (C=O) groups is 2. The minimum atomic E-state index is -0.947. The largest absolute Gasteiger partial charge is 0.481 e. The zero-order chi connectivity index (χ0) is 15.4. The van der Waals surface area contributed by atoms with Crippen molar-refractivity contribution in [2.45, 2.75) is 31.9 Å². The zero-order valence-corrected chi connectivity index (χ0v) is 11.4. The number of carbonyl (C=O) groups excluding carboxylic acids is 2. The Balaban J connectivity index is 1.88. The van der Waals surface area contributed by atoms with Gasteiger partial charge in [0, 0.05) is 12.1 Å². The standard InChI is InChI=1S/C13H15N3O5/c1-8(12(17)15-13(18)14-9-5-6-9)21-11-4-2-3-10(7-11)16(19)20/h2-4,7-9H,5-6H2,1H3,(H2,14,15,17,18). The molecule has 0 radical (unpaired) electrons. The molecule has 0 heterocycles. The first-order valence-electron chi connectivity index (χ1n) is 6.48. The van der Waals surface area contributed by atoms with Crippen molar-refractivity contribution in [2.75, 3.05) is 0 Å². The van der Waals surface area contributed by atoms with Gasteiger partial charge in [0.15, 0.2) is 6.10 Å². The highest BCUT2D eigenvalue weighted by atomic mass is 16.6. The Bertz CT molecular complexity index is 571. The third-order valence-corrected chi connectivity index (χ3v) is 2.86. The van der Waals surface area contributed by atoms with Crippen LogP contribution < -0.4 is 15.4 Å². The zero-order valence-electron chi connectivity index (χ0n) is 11.4. The lowest BCUT2D eigenvalue weighted by atomic mass is 10.3. The van der Waals surface area contributed by atoms with Crippen LogP contribution in [-0.2, 0) is 4.79 Å². The Kier molecular flexibility index (Phi) is 4.36. The van der Waals surface area contributed by atoms with Crippen LogP contribution in [-0.4, -0.2) is 29.0 Å². The number of amides is 3. The number of hydrogen-bond donors (Lipinski definition) is 2. The topological polar surface area (TPSA) is 111 Å². The van der Waals surface area contributed by atoms with E-state index in [1.165, 1.54) is 31.2 Å².